The van der Waals surface area contributed by atoms with Crippen LogP contribution in [0.1, 0.15) is 17.8 Å². The summed E-state index contributed by atoms with van der Waals surface area (Å²) in [5, 5.41) is 7.31. The van der Waals surface area contributed by atoms with Crippen LogP contribution in [-0.2, 0) is 21.3 Å². The predicted octanol–water partition coefficient (Wildman–Crippen LogP) is 0.0341. The molecule has 1 aromatic rings. The van der Waals surface area contributed by atoms with Gasteiger partial charge in [-0.05, 0) is 27.3 Å². The second kappa shape index (κ2) is 7.72. The SMILES string of the molecule is CNCCn1nc(C)c(S(=O)(=O)NCCCOC)c1C. The second-order valence-electron chi connectivity index (χ2n) is 4.57. The maximum Gasteiger partial charge on any atom is 0.244 e. The van der Waals surface area contributed by atoms with Crippen LogP contribution >= 0.6 is 0 Å². The zero-order valence-electron chi connectivity index (χ0n) is 12.6. The Balaban J connectivity index is 2.86. The Morgan fingerprint density at radius 2 is 2.00 bits per heavy atom. The zero-order valence-corrected chi connectivity index (χ0v) is 13.4. The van der Waals surface area contributed by atoms with Crippen molar-refractivity contribution < 1.29 is 13.2 Å². The van der Waals surface area contributed by atoms with Crippen molar-refractivity contribution in [2.45, 2.75) is 31.7 Å². The van der Waals surface area contributed by atoms with E-state index < -0.39 is 10.0 Å². The van der Waals surface area contributed by atoms with Crippen LogP contribution in [0.15, 0.2) is 4.90 Å². The quantitative estimate of drug-likeness (QED) is 0.629. The normalized spacial score (nSPS) is 12.0. The van der Waals surface area contributed by atoms with Crippen LogP contribution < -0.4 is 10.0 Å². The first-order valence-electron chi connectivity index (χ1n) is 6.61. The van der Waals surface area contributed by atoms with Gasteiger partial charge in [0.15, 0.2) is 0 Å². The standard InChI is InChI=1S/C12H24N4O3S/c1-10-12(11(2)16(15-10)8-7-13-3)20(17,18)14-6-5-9-19-4/h13-14H,5-9H2,1-4H3. The molecule has 0 bridgehead atoms. The fraction of sp³-hybridized carbons (Fsp3) is 0.750. The molecule has 116 valence electrons. The summed E-state index contributed by atoms with van der Waals surface area (Å²) in [6.45, 7) is 5.76. The van der Waals surface area contributed by atoms with Gasteiger partial charge in [-0.15, -0.1) is 0 Å². The summed E-state index contributed by atoms with van der Waals surface area (Å²) in [4.78, 5) is 0.283. The number of likely N-dealkylation sites (N-methyl/N-ethyl adjacent to an activating group) is 1. The predicted molar refractivity (Wildman–Crippen MR) is 77.3 cm³/mol. The van der Waals surface area contributed by atoms with Crippen LogP contribution in [0.4, 0.5) is 0 Å². The highest BCUT2D eigenvalue weighted by Gasteiger charge is 2.23. The highest BCUT2D eigenvalue weighted by molar-refractivity contribution is 7.89. The molecule has 1 rings (SSSR count). The highest BCUT2D eigenvalue weighted by Crippen LogP contribution is 2.18. The van der Waals surface area contributed by atoms with Gasteiger partial charge in [-0.3, -0.25) is 4.68 Å². The lowest BCUT2D eigenvalue weighted by atomic mass is 10.4. The van der Waals surface area contributed by atoms with Crippen molar-refractivity contribution in [1.82, 2.24) is 19.8 Å². The smallest absolute Gasteiger partial charge is 0.244 e. The molecule has 0 spiro atoms. The third kappa shape index (κ3) is 4.27. The van der Waals surface area contributed by atoms with Crippen molar-refractivity contribution in [3.63, 3.8) is 0 Å². The van der Waals surface area contributed by atoms with E-state index in [9.17, 15) is 8.42 Å². The molecule has 1 heterocycles. The molecule has 7 nitrogen and oxygen atoms in total. The van der Waals surface area contributed by atoms with Crippen molar-refractivity contribution in [3.05, 3.63) is 11.4 Å². The van der Waals surface area contributed by atoms with E-state index in [1.165, 1.54) is 0 Å². The minimum Gasteiger partial charge on any atom is -0.385 e. The van der Waals surface area contributed by atoms with Crippen molar-refractivity contribution in [2.75, 3.05) is 33.9 Å². The van der Waals surface area contributed by atoms with Gasteiger partial charge in [-0.2, -0.15) is 5.10 Å². The third-order valence-electron chi connectivity index (χ3n) is 2.97. The van der Waals surface area contributed by atoms with E-state index in [4.69, 9.17) is 4.74 Å². The van der Waals surface area contributed by atoms with Crippen LogP contribution in [0.25, 0.3) is 0 Å². The summed E-state index contributed by atoms with van der Waals surface area (Å²) in [7, 11) is -0.0758. The fourth-order valence-electron chi connectivity index (χ4n) is 2.00. The Kier molecular flexibility index (Phi) is 6.60. The number of aromatic nitrogens is 2. The minimum absolute atomic E-state index is 0.283. The molecule has 0 aromatic carbocycles. The summed E-state index contributed by atoms with van der Waals surface area (Å²) < 4.78 is 33.8. The Morgan fingerprint density at radius 3 is 2.60 bits per heavy atom. The Bertz CT molecular complexity index is 525. The van der Waals surface area contributed by atoms with Gasteiger partial charge >= 0.3 is 0 Å². The monoisotopic (exact) mass is 304 g/mol. The first-order chi connectivity index (χ1) is 9.44. The van der Waals surface area contributed by atoms with Crippen LogP contribution in [0.5, 0.6) is 0 Å². The van der Waals surface area contributed by atoms with Crippen LogP contribution in [0.3, 0.4) is 0 Å². The summed E-state index contributed by atoms with van der Waals surface area (Å²) >= 11 is 0. The lowest BCUT2D eigenvalue weighted by Gasteiger charge is -2.07. The average Bonchev–Trinajstić information content (AvgIpc) is 2.67. The number of methoxy groups -OCH3 is 1. The first kappa shape index (κ1) is 17.1. The van der Waals surface area contributed by atoms with Gasteiger partial charge in [-0.1, -0.05) is 0 Å². The van der Waals surface area contributed by atoms with E-state index in [0.29, 0.717) is 37.5 Å². The number of hydrogen-bond acceptors (Lipinski definition) is 5. The van der Waals surface area contributed by atoms with Crippen molar-refractivity contribution in [3.8, 4) is 0 Å². The number of sulfonamides is 1. The molecule has 20 heavy (non-hydrogen) atoms. The molecule has 0 fully saturated rings. The molecule has 8 heteroatoms. The van der Waals surface area contributed by atoms with Crippen LogP contribution in [0.2, 0.25) is 0 Å². The molecule has 0 aliphatic heterocycles. The minimum atomic E-state index is -3.52. The van der Waals surface area contributed by atoms with E-state index in [1.807, 2.05) is 7.05 Å². The summed E-state index contributed by atoms with van der Waals surface area (Å²) in [6, 6.07) is 0. The maximum absolute atomic E-state index is 12.3. The lowest BCUT2D eigenvalue weighted by molar-refractivity contribution is 0.196. The summed E-state index contributed by atoms with van der Waals surface area (Å²) in [5.74, 6) is 0. The van der Waals surface area contributed by atoms with Gasteiger partial charge in [-0.25, -0.2) is 13.1 Å². The van der Waals surface area contributed by atoms with Gasteiger partial charge in [0.25, 0.3) is 0 Å². The molecule has 0 radical (unpaired) electrons. The van der Waals surface area contributed by atoms with Crippen molar-refractivity contribution >= 4 is 10.0 Å². The number of rotatable bonds is 9. The largest absolute Gasteiger partial charge is 0.385 e. The highest BCUT2D eigenvalue weighted by atomic mass is 32.2. The lowest BCUT2D eigenvalue weighted by Crippen LogP contribution is -2.26. The molecule has 0 amide bonds. The second-order valence-corrected chi connectivity index (χ2v) is 6.27. The third-order valence-corrected chi connectivity index (χ3v) is 4.69. The Hall–Kier alpha value is -0.960. The molecule has 0 saturated carbocycles. The molecular formula is C12H24N4O3S. The van der Waals surface area contributed by atoms with E-state index in [-0.39, 0.29) is 4.90 Å². The number of nitrogens with one attached hydrogen (secondary N) is 2. The molecule has 2 N–H and O–H groups in total. The molecule has 1 aromatic heterocycles. The van der Waals surface area contributed by atoms with Crippen LogP contribution in [0, 0.1) is 13.8 Å². The Labute approximate surface area is 120 Å². The fourth-order valence-corrected chi connectivity index (χ4v) is 3.48. The topological polar surface area (TPSA) is 85.2 Å². The van der Waals surface area contributed by atoms with E-state index in [2.05, 4.69) is 15.1 Å². The van der Waals surface area contributed by atoms with E-state index >= 15 is 0 Å². The Morgan fingerprint density at radius 1 is 1.30 bits per heavy atom. The molecular weight excluding hydrogens is 280 g/mol. The molecule has 0 aliphatic carbocycles. The number of aryl methyl sites for hydroxylation is 1. The van der Waals surface area contributed by atoms with Gasteiger partial charge in [0, 0.05) is 26.8 Å². The average molecular weight is 304 g/mol. The van der Waals surface area contributed by atoms with Gasteiger partial charge < -0.3 is 10.1 Å². The zero-order chi connectivity index (χ0) is 15.2. The molecule has 0 aliphatic rings. The van der Waals surface area contributed by atoms with Crippen LogP contribution in [-0.4, -0.2) is 52.1 Å². The number of nitrogens with zero attached hydrogens (tertiary/aromatic N) is 2. The van der Waals surface area contributed by atoms with E-state index in [1.54, 1.807) is 25.6 Å². The van der Waals surface area contributed by atoms with Crippen molar-refractivity contribution in [2.24, 2.45) is 0 Å². The van der Waals surface area contributed by atoms with E-state index in [0.717, 1.165) is 6.54 Å². The number of hydrogen-bond donors (Lipinski definition) is 2. The van der Waals surface area contributed by atoms with Gasteiger partial charge in [0.1, 0.15) is 4.90 Å². The summed E-state index contributed by atoms with van der Waals surface area (Å²) in [6.07, 6.45) is 0.641. The molecule has 0 saturated heterocycles. The molecule has 0 atom stereocenters. The molecule has 0 unspecified atom stereocenters. The maximum atomic E-state index is 12.3. The summed E-state index contributed by atoms with van der Waals surface area (Å²) in [5.41, 5.74) is 1.19. The first-order valence-corrected chi connectivity index (χ1v) is 8.09. The van der Waals surface area contributed by atoms with Gasteiger partial charge in [0.2, 0.25) is 10.0 Å². The number of ether oxygens (including phenoxy) is 1. The van der Waals surface area contributed by atoms with Gasteiger partial charge in [0.05, 0.1) is 17.9 Å². The van der Waals surface area contributed by atoms with Crippen molar-refractivity contribution in [1.29, 1.82) is 0 Å².